The lowest BCUT2D eigenvalue weighted by atomic mass is 9.90. The molecule has 1 aromatic heterocycles. The second-order valence-electron chi connectivity index (χ2n) is 8.78. The third-order valence-electron chi connectivity index (χ3n) is 6.40. The zero-order valence-electron chi connectivity index (χ0n) is 20.1. The summed E-state index contributed by atoms with van der Waals surface area (Å²) in [6.07, 6.45) is 5.61. The molecule has 0 saturated heterocycles. The molecule has 0 spiro atoms. The Labute approximate surface area is 209 Å². The molecule has 35 heavy (non-hydrogen) atoms. The van der Waals surface area contributed by atoms with Gasteiger partial charge in [-0.2, -0.15) is 0 Å². The fourth-order valence-corrected chi connectivity index (χ4v) is 5.24. The van der Waals surface area contributed by atoms with Gasteiger partial charge in [-0.25, -0.2) is 0 Å². The largest absolute Gasteiger partial charge is 0.496 e. The Morgan fingerprint density at radius 3 is 2.63 bits per heavy atom. The number of thioether (sulfide) groups is 1. The fraction of sp³-hybridized carbons (Fsp3) is 0.423. The molecule has 9 heteroatoms. The van der Waals surface area contributed by atoms with Crippen LogP contribution in [0.15, 0.2) is 35.5 Å². The number of benzene rings is 2. The highest BCUT2D eigenvalue weighted by atomic mass is 32.2. The van der Waals surface area contributed by atoms with Crippen LogP contribution in [0.5, 0.6) is 17.2 Å². The molecule has 0 bridgehead atoms. The van der Waals surface area contributed by atoms with E-state index in [1.165, 1.54) is 35.7 Å². The number of ether oxygens (including phenoxy) is 3. The van der Waals surface area contributed by atoms with Crippen LogP contribution < -0.4 is 19.5 Å². The van der Waals surface area contributed by atoms with E-state index in [1.54, 1.807) is 7.11 Å². The van der Waals surface area contributed by atoms with Gasteiger partial charge in [-0.3, -0.25) is 4.79 Å². The number of rotatable bonds is 7. The molecule has 0 fully saturated rings. The molecule has 184 valence electrons. The summed E-state index contributed by atoms with van der Waals surface area (Å²) in [5, 5.41) is 12.4. The minimum Gasteiger partial charge on any atom is -0.496 e. The highest BCUT2D eigenvalue weighted by molar-refractivity contribution is 7.99. The van der Waals surface area contributed by atoms with Crippen LogP contribution in [-0.4, -0.2) is 46.7 Å². The van der Waals surface area contributed by atoms with Crippen molar-refractivity contribution in [3.63, 3.8) is 0 Å². The molecule has 0 saturated carbocycles. The summed E-state index contributed by atoms with van der Waals surface area (Å²) >= 11 is 1.37. The first-order chi connectivity index (χ1) is 17.1. The van der Waals surface area contributed by atoms with Crippen molar-refractivity contribution >= 4 is 17.7 Å². The van der Waals surface area contributed by atoms with Crippen molar-refractivity contribution in [2.45, 2.75) is 43.8 Å². The second kappa shape index (κ2) is 10.6. The molecule has 2 heterocycles. The highest BCUT2D eigenvalue weighted by Gasteiger charge is 2.18. The molecular formula is C26H30N4O4S. The van der Waals surface area contributed by atoms with Gasteiger partial charge < -0.3 is 24.1 Å². The van der Waals surface area contributed by atoms with Crippen molar-refractivity contribution in [3.8, 4) is 28.6 Å². The fourth-order valence-electron chi connectivity index (χ4n) is 4.50. The molecule has 1 aliphatic carbocycles. The summed E-state index contributed by atoms with van der Waals surface area (Å²) in [4.78, 5) is 12.6. The average molecular weight is 495 g/mol. The Balaban J connectivity index is 1.20. The number of carbonyl (C=O) groups is 1. The lowest BCUT2D eigenvalue weighted by molar-refractivity contribution is -0.118. The van der Waals surface area contributed by atoms with E-state index in [-0.39, 0.29) is 11.7 Å². The van der Waals surface area contributed by atoms with Gasteiger partial charge in [0.05, 0.1) is 26.1 Å². The molecule has 5 rings (SSSR count). The molecule has 1 N–H and O–H groups in total. The highest BCUT2D eigenvalue weighted by Crippen LogP contribution is 2.36. The second-order valence-corrected chi connectivity index (χ2v) is 9.72. The average Bonchev–Trinajstić information content (AvgIpc) is 3.10. The van der Waals surface area contributed by atoms with Crippen LogP contribution in [0.25, 0.3) is 11.4 Å². The van der Waals surface area contributed by atoms with Crippen LogP contribution in [0.4, 0.5) is 0 Å². The normalized spacial score (nSPS) is 14.7. The number of nitrogens with zero attached hydrogens (tertiary/aromatic N) is 3. The van der Waals surface area contributed by atoms with E-state index >= 15 is 0 Å². The molecule has 2 aromatic carbocycles. The van der Waals surface area contributed by atoms with Crippen molar-refractivity contribution in [1.29, 1.82) is 0 Å². The van der Waals surface area contributed by atoms with Crippen LogP contribution >= 0.6 is 11.8 Å². The standard InChI is InChI=1S/C26H30N4O4S/c1-30-25(19-9-8-17-6-3-4-7-18(17)12-19)28-29-26(30)35-16-24(31)27-15-20-13-22-23(14-21(20)32-2)34-11-5-10-33-22/h8-9,12-14H,3-7,10-11,15-16H2,1-2H3,(H,27,31). The SMILES string of the molecule is COc1cc2c(cc1CNC(=O)CSc1nnc(-c3ccc4c(c3)CCCC4)n1C)OCCCO2. The molecule has 0 atom stereocenters. The van der Waals surface area contributed by atoms with E-state index in [0.29, 0.717) is 42.2 Å². The van der Waals surface area contributed by atoms with Crippen molar-refractivity contribution in [2.75, 3.05) is 26.1 Å². The first-order valence-corrected chi connectivity index (χ1v) is 13.0. The Kier molecular flexibility index (Phi) is 7.13. The van der Waals surface area contributed by atoms with E-state index < -0.39 is 0 Å². The topological polar surface area (TPSA) is 87.5 Å². The zero-order valence-corrected chi connectivity index (χ0v) is 21.0. The lowest BCUT2D eigenvalue weighted by Gasteiger charge is -2.16. The van der Waals surface area contributed by atoms with Gasteiger partial charge in [0.2, 0.25) is 5.91 Å². The maximum absolute atomic E-state index is 12.6. The third kappa shape index (κ3) is 5.24. The summed E-state index contributed by atoms with van der Waals surface area (Å²) < 4.78 is 18.9. The number of amides is 1. The van der Waals surface area contributed by atoms with Crippen LogP contribution in [0.1, 0.15) is 36.0 Å². The Morgan fingerprint density at radius 2 is 1.83 bits per heavy atom. The van der Waals surface area contributed by atoms with Crippen LogP contribution in [-0.2, 0) is 31.2 Å². The first kappa shape index (κ1) is 23.5. The minimum absolute atomic E-state index is 0.0949. The first-order valence-electron chi connectivity index (χ1n) is 12.0. The third-order valence-corrected chi connectivity index (χ3v) is 7.42. The van der Waals surface area contributed by atoms with E-state index in [4.69, 9.17) is 14.2 Å². The molecule has 0 radical (unpaired) electrons. The van der Waals surface area contributed by atoms with Gasteiger partial charge in [0.25, 0.3) is 0 Å². The van der Waals surface area contributed by atoms with Gasteiger partial charge in [0.1, 0.15) is 5.75 Å². The van der Waals surface area contributed by atoms with E-state index in [1.807, 2.05) is 23.7 Å². The molecule has 2 aliphatic rings. The smallest absolute Gasteiger partial charge is 0.230 e. The Bertz CT molecular complexity index is 1230. The molecule has 3 aromatic rings. The van der Waals surface area contributed by atoms with E-state index in [9.17, 15) is 4.79 Å². The van der Waals surface area contributed by atoms with Gasteiger partial charge >= 0.3 is 0 Å². The Morgan fingerprint density at radius 1 is 1.06 bits per heavy atom. The van der Waals surface area contributed by atoms with Crippen molar-refractivity contribution in [3.05, 3.63) is 47.0 Å². The number of methoxy groups -OCH3 is 1. The number of carbonyl (C=O) groups excluding carboxylic acids is 1. The molecule has 0 unspecified atom stereocenters. The quantitative estimate of drug-likeness (QED) is 0.498. The van der Waals surface area contributed by atoms with Crippen molar-refractivity contribution in [2.24, 2.45) is 7.05 Å². The van der Waals surface area contributed by atoms with Crippen molar-refractivity contribution in [1.82, 2.24) is 20.1 Å². The molecule has 1 aliphatic heterocycles. The van der Waals surface area contributed by atoms with Gasteiger partial charge in [-0.15, -0.1) is 10.2 Å². The van der Waals surface area contributed by atoms with Gasteiger partial charge in [0, 0.05) is 37.2 Å². The predicted octanol–water partition coefficient (Wildman–Crippen LogP) is 3.94. The summed E-state index contributed by atoms with van der Waals surface area (Å²) in [6.45, 7) is 1.55. The van der Waals surface area contributed by atoms with E-state index in [2.05, 4.69) is 33.7 Å². The van der Waals surface area contributed by atoms with Crippen LogP contribution in [0.2, 0.25) is 0 Å². The summed E-state index contributed by atoms with van der Waals surface area (Å²) in [5.41, 5.74) is 4.76. The van der Waals surface area contributed by atoms with E-state index in [0.717, 1.165) is 36.2 Å². The van der Waals surface area contributed by atoms with Gasteiger partial charge in [0.15, 0.2) is 22.5 Å². The Hall–Kier alpha value is -3.20. The summed E-state index contributed by atoms with van der Waals surface area (Å²) in [5.74, 6) is 2.96. The number of aryl methyl sites for hydroxylation is 2. The van der Waals surface area contributed by atoms with Crippen LogP contribution in [0, 0.1) is 0 Å². The maximum Gasteiger partial charge on any atom is 0.230 e. The number of fused-ring (bicyclic) bond motifs is 2. The van der Waals surface area contributed by atoms with Crippen molar-refractivity contribution < 1.29 is 19.0 Å². The zero-order chi connectivity index (χ0) is 24.2. The number of hydrogen-bond acceptors (Lipinski definition) is 7. The van der Waals surface area contributed by atoms with Gasteiger partial charge in [-0.05, 0) is 48.9 Å². The predicted molar refractivity (Wildman–Crippen MR) is 134 cm³/mol. The summed E-state index contributed by atoms with van der Waals surface area (Å²) in [6, 6.07) is 10.3. The number of hydrogen-bond donors (Lipinski definition) is 1. The molecular weight excluding hydrogens is 464 g/mol. The monoisotopic (exact) mass is 494 g/mol. The molecule has 1 amide bonds. The maximum atomic E-state index is 12.6. The van der Waals surface area contributed by atoms with Gasteiger partial charge in [-0.1, -0.05) is 23.9 Å². The number of nitrogens with one attached hydrogen (secondary N) is 1. The summed E-state index contributed by atoms with van der Waals surface area (Å²) in [7, 11) is 3.55. The lowest BCUT2D eigenvalue weighted by Crippen LogP contribution is -2.25. The number of aromatic nitrogens is 3. The molecule has 8 nitrogen and oxygen atoms in total. The minimum atomic E-state index is -0.0949. The van der Waals surface area contributed by atoms with Crippen LogP contribution in [0.3, 0.4) is 0 Å².